The van der Waals surface area contributed by atoms with Crippen molar-refractivity contribution >= 4 is 61.5 Å². The molecule has 100 valence electrons. The van der Waals surface area contributed by atoms with Gasteiger partial charge in [0.25, 0.3) is 10.0 Å². The highest BCUT2D eigenvalue weighted by Crippen LogP contribution is 2.24. The van der Waals surface area contributed by atoms with Gasteiger partial charge in [-0.15, -0.1) is 0 Å². The maximum absolute atomic E-state index is 12.2. The summed E-state index contributed by atoms with van der Waals surface area (Å²) < 4.78 is 27.8. The summed E-state index contributed by atoms with van der Waals surface area (Å²) in [6.07, 6.45) is 0. The van der Waals surface area contributed by atoms with E-state index in [-0.39, 0.29) is 14.9 Å². The molecule has 0 saturated carbocycles. The minimum Gasteiger partial charge on any atom is -0.280 e. The number of benzene rings is 2. The van der Waals surface area contributed by atoms with Crippen LogP contribution in [-0.4, -0.2) is 8.42 Å². The van der Waals surface area contributed by atoms with Crippen molar-refractivity contribution < 1.29 is 8.42 Å². The molecule has 0 radical (unpaired) electrons. The van der Waals surface area contributed by atoms with E-state index in [0.717, 1.165) is 3.57 Å². The molecule has 0 aliphatic carbocycles. The van der Waals surface area contributed by atoms with E-state index < -0.39 is 10.0 Å². The molecule has 2 rings (SSSR count). The molecule has 0 aliphatic rings. The Hall–Kier alpha value is -0.500. The Morgan fingerprint density at radius 3 is 2.21 bits per heavy atom. The average Bonchev–Trinajstić information content (AvgIpc) is 2.26. The highest BCUT2D eigenvalue weighted by molar-refractivity contribution is 14.1. The molecular weight excluding hydrogens is 420 g/mol. The summed E-state index contributed by atoms with van der Waals surface area (Å²) in [5.41, 5.74) is 0.489. The van der Waals surface area contributed by atoms with Gasteiger partial charge in [0.15, 0.2) is 0 Å². The predicted octanol–water partition coefficient (Wildman–Crippen LogP) is 4.40. The lowest BCUT2D eigenvalue weighted by molar-refractivity contribution is 0.601. The molecule has 2 aromatic rings. The molecule has 0 atom stereocenters. The van der Waals surface area contributed by atoms with E-state index in [1.807, 2.05) is 6.07 Å². The van der Waals surface area contributed by atoms with Gasteiger partial charge < -0.3 is 0 Å². The number of hydrogen-bond acceptors (Lipinski definition) is 2. The van der Waals surface area contributed by atoms with E-state index in [9.17, 15) is 8.42 Å². The first-order valence-electron chi connectivity index (χ1n) is 5.11. The van der Waals surface area contributed by atoms with E-state index in [1.165, 1.54) is 18.2 Å². The van der Waals surface area contributed by atoms with Gasteiger partial charge in [-0.2, -0.15) is 0 Å². The summed E-state index contributed by atoms with van der Waals surface area (Å²) in [4.78, 5) is 0.0314. The molecule has 0 aliphatic heterocycles. The number of hydrogen-bond donors (Lipinski definition) is 1. The number of anilines is 1. The molecule has 0 heterocycles. The molecule has 0 fully saturated rings. The van der Waals surface area contributed by atoms with Crippen LogP contribution in [0, 0.1) is 3.57 Å². The van der Waals surface area contributed by atoms with Crippen LogP contribution in [0.3, 0.4) is 0 Å². The first-order valence-corrected chi connectivity index (χ1v) is 8.43. The van der Waals surface area contributed by atoms with Crippen LogP contribution < -0.4 is 4.72 Å². The highest BCUT2D eigenvalue weighted by atomic mass is 127. The van der Waals surface area contributed by atoms with Gasteiger partial charge in [0.2, 0.25) is 0 Å². The molecule has 0 amide bonds. The summed E-state index contributed by atoms with van der Waals surface area (Å²) in [7, 11) is -3.70. The topological polar surface area (TPSA) is 46.2 Å². The van der Waals surface area contributed by atoms with Crippen molar-refractivity contribution in [1.29, 1.82) is 0 Å². The summed E-state index contributed by atoms with van der Waals surface area (Å²) in [6.45, 7) is 0. The van der Waals surface area contributed by atoms with E-state index in [2.05, 4.69) is 27.3 Å². The number of halogens is 3. The zero-order valence-corrected chi connectivity index (χ0v) is 13.9. The van der Waals surface area contributed by atoms with Gasteiger partial charge in [0.1, 0.15) is 0 Å². The molecule has 0 unspecified atom stereocenters. The second-order valence-electron chi connectivity index (χ2n) is 3.72. The minimum atomic E-state index is -3.70. The molecule has 2 aromatic carbocycles. The third kappa shape index (κ3) is 3.98. The van der Waals surface area contributed by atoms with Crippen molar-refractivity contribution in [2.45, 2.75) is 4.90 Å². The number of sulfonamides is 1. The largest absolute Gasteiger partial charge is 0.280 e. The van der Waals surface area contributed by atoms with Crippen molar-refractivity contribution in [3.05, 3.63) is 56.1 Å². The molecule has 1 N–H and O–H groups in total. The van der Waals surface area contributed by atoms with Crippen LogP contribution in [0.5, 0.6) is 0 Å². The minimum absolute atomic E-state index is 0.0314. The molecular formula is C12H8Cl2INO2S. The fraction of sp³-hybridized carbons (Fsp3) is 0. The normalized spacial score (nSPS) is 11.3. The second kappa shape index (κ2) is 5.87. The van der Waals surface area contributed by atoms with Gasteiger partial charge in [-0.05, 0) is 59.0 Å². The van der Waals surface area contributed by atoms with Gasteiger partial charge in [0, 0.05) is 19.3 Å². The van der Waals surface area contributed by atoms with Gasteiger partial charge in [-0.25, -0.2) is 8.42 Å². The zero-order chi connectivity index (χ0) is 14.0. The predicted molar refractivity (Wildman–Crippen MR) is 86.4 cm³/mol. The Morgan fingerprint density at radius 1 is 1.00 bits per heavy atom. The van der Waals surface area contributed by atoms with Crippen LogP contribution in [0.1, 0.15) is 0 Å². The smallest absolute Gasteiger partial charge is 0.261 e. The Labute approximate surface area is 135 Å². The maximum Gasteiger partial charge on any atom is 0.261 e. The summed E-state index contributed by atoms with van der Waals surface area (Å²) in [6, 6.07) is 11.2. The summed E-state index contributed by atoms with van der Waals surface area (Å²) >= 11 is 13.7. The maximum atomic E-state index is 12.2. The Morgan fingerprint density at radius 2 is 1.63 bits per heavy atom. The molecule has 19 heavy (non-hydrogen) atoms. The zero-order valence-electron chi connectivity index (χ0n) is 9.40. The fourth-order valence-corrected chi connectivity index (χ4v) is 3.77. The van der Waals surface area contributed by atoms with Crippen LogP contribution in [0.2, 0.25) is 10.0 Å². The molecule has 7 heteroatoms. The Balaban J connectivity index is 2.37. The van der Waals surface area contributed by atoms with E-state index in [0.29, 0.717) is 5.69 Å². The third-order valence-corrected chi connectivity index (χ3v) is 4.69. The number of rotatable bonds is 3. The standard InChI is InChI=1S/C12H8Cl2INO2S/c13-8-4-9(14)6-12(5-8)19(17,18)16-11-3-1-2-10(15)7-11/h1-7,16H. The SMILES string of the molecule is O=S(=O)(Nc1cccc(I)c1)c1cc(Cl)cc(Cl)c1. The lowest BCUT2D eigenvalue weighted by Gasteiger charge is -2.09. The molecule has 0 aromatic heterocycles. The van der Waals surface area contributed by atoms with Crippen LogP contribution in [-0.2, 0) is 10.0 Å². The van der Waals surface area contributed by atoms with Crippen LogP contribution in [0.4, 0.5) is 5.69 Å². The van der Waals surface area contributed by atoms with Crippen molar-refractivity contribution in [3.63, 3.8) is 0 Å². The third-order valence-electron chi connectivity index (χ3n) is 2.22. The Bertz CT molecular complexity index is 699. The van der Waals surface area contributed by atoms with Crippen LogP contribution in [0.15, 0.2) is 47.4 Å². The first kappa shape index (κ1) is 14.9. The average molecular weight is 428 g/mol. The molecule has 0 spiro atoms. The summed E-state index contributed by atoms with van der Waals surface area (Å²) in [5, 5.41) is 0.547. The van der Waals surface area contributed by atoms with Gasteiger partial charge >= 0.3 is 0 Å². The van der Waals surface area contributed by atoms with Crippen molar-refractivity contribution in [3.8, 4) is 0 Å². The molecule has 0 bridgehead atoms. The van der Waals surface area contributed by atoms with E-state index in [4.69, 9.17) is 23.2 Å². The lowest BCUT2D eigenvalue weighted by atomic mass is 10.3. The van der Waals surface area contributed by atoms with Gasteiger partial charge in [-0.3, -0.25) is 4.72 Å². The van der Waals surface area contributed by atoms with Crippen molar-refractivity contribution in [1.82, 2.24) is 0 Å². The fourth-order valence-electron chi connectivity index (χ4n) is 1.45. The van der Waals surface area contributed by atoms with Gasteiger partial charge in [0.05, 0.1) is 4.90 Å². The Kier molecular flexibility index (Phi) is 4.60. The highest BCUT2D eigenvalue weighted by Gasteiger charge is 2.15. The lowest BCUT2D eigenvalue weighted by Crippen LogP contribution is -2.13. The van der Waals surface area contributed by atoms with Crippen LogP contribution in [0.25, 0.3) is 0 Å². The van der Waals surface area contributed by atoms with Gasteiger partial charge in [-0.1, -0.05) is 29.3 Å². The quantitative estimate of drug-likeness (QED) is 0.738. The molecule has 0 saturated heterocycles. The second-order valence-corrected chi connectivity index (χ2v) is 7.52. The van der Waals surface area contributed by atoms with Crippen molar-refractivity contribution in [2.75, 3.05) is 4.72 Å². The van der Waals surface area contributed by atoms with E-state index in [1.54, 1.807) is 18.2 Å². The van der Waals surface area contributed by atoms with Crippen LogP contribution >= 0.6 is 45.8 Å². The van der Waals surface area contributed by atoms with E-state index >= 15 is 0 Å². The molecule has 3 nitrogen and oxygen atoms in total. The summed E-state index contributed by atoms with van der Waals surface area (Å²) in [5.74, 6) is 0. The van der Waals surface area contributed by atoms with Crippen molar-refractivity contribution in [2.24, 2.45) is 0 Å². The monoisotopic (exact) mass is 427 g/mol. The number of nitrogens with one attached hydrogen (secondary N) is 1. The first-order chi connectivity index (χ1) is 8.87.